The number of Topliss-reactive ketones (excluding diaryl/α,β-unsaturated/α-hetero) is 1. The molecule has 1 amide bonds. The third-order valence-corrected chi connectivity index (χ3v) is 5.56. The lowest BCUT2D eigenvalue weighted by Crippen LogP contribution is -2.50. The van der Waals surface area contributed by atoms with Gasteiger partial charge >= 0.3 is 0 Å². The number of hydrogen-bond acceptors (Lipinski definition) is 3. The summed E-state index contributed by atoms with van der Waals surface area (Å²) in [6, 6.07) is 9.96. The first kappa shape index (κ1) is 18.5. The molecular weight excluding hydrogens is 352 g/mol. The van der Waals surface area contributed by atoms with Crippen molar-refractivity contribution < 1.29 is 9.59 Å². The van der Waals surface area contributed by atoms with Crippen molar-refractivity contribution in [1.29, 1.82) is 0 Å². The van der Waals surface area contributed by atoms with Gasteiger partial charge in [0.1, 0.15) is 0 Å². The topological polar surface area (TPSA) is 72.2 Å². The summed E-state index contributed by atoms with van der Waals surface area (Å²) in [4.78, 5) is 35.7. The highest BCUT2D eigenvalue weighted by Gasteiger charge is 2.24. The van der Waals surface area contributed by atoms with Crippen LogP contribution in [-0.2, 0) is 11.2 Å². The molecule has 1 aliphatic heterocycles. The maximum atomic E-state index is 12.7. The van der Waals surface area contributed by atoms with Crippen molar-refractivity contribution in [3.05, 3.63) is 59.0 Å². The van der Waals surface area contributed by atoms with E-state index in [9.17, 15) is 9.59 Å². The minimum absolute atomic E-state index is 0.139. The van der Waals surface area contributed by atoms with Gasteiger partial charge in [-0.25, -0.2) is 0 Å². The van der Waals surface area contributed by atoms with Gasteiger partial charge in [0.25, 0.3) is 0 Å². The molecule has 0 unspecified atom stereocenters. The first-order chi connectivity index (χ1) is 13.5. The van der Waals surface area contributed by atoms with E-state index in [1.807, 2.05) is 55.3 Å². The zero-order valence-corrected chi connectivity index (χ0v) is 16.4. The molecule has 6 nitrogen and oxygen atoms in total. The predicted molar refractivity (Wildman–Crippen MR) is 110 cm³/mol. The molecule has 0 saturated carbocycles. The molecule has 6 heteroatoms. The monoisotopic (exact) mass is 378 g/mol. The van der Waals surface area contributed by atoms with E-state index in [4.69, 9.17) is 0 Å². The maximum Gasteiger partial charge on any atom is 0.227 e. The average Bonchev–Trinajstić information content (AvgIpc) is 3.25. The summed E-state index contributed by atoms with van der Waals surface area (Å²) in [7, 11) is 0. The van der Waals surface area contributed by atoms with E-state index in [1.165, 1.54) is 0 Å². The maximum absolute atomic E-state index is 12.7. The number of para-hydroxylation sites is 1. The predicted octanol–water partition coefficient (Wildman–Crippen LogP) is 2.68. The summed E-state index contributed by atoms with van der Waals surface area (Å²) in [6.07, 6.45) is 2.34. The van der Waals surface area contributed by atoms with Gasteiger partial charge in [-0.3, -0.25) is 14.5 Å². The molecule has 1 saturated heterocycles. The summed E-state index contributed by atoms with van der Waals surface area (Å²) in [5, 5.41) is 1.11. The summed E-state index contributed by atoms with van der Waals surface area (Å²) < 4.78 is 0. The Morgan fingerprint density at radius 3 is 2.54 bits per heavy atom. The minimum Gasteiger partial charge on any atom is -0.362 e. The molecule has 146 valence electrons. The molecular formula is C22H26N4O2. The van der Waals surface area contributed by atoms with Crippen LogP contribution in [0, 0.1) is 13.8 Å². The zero-order chi connectivity index (χ0) is 19.7. The Labute approximate surface area is 164 Å². The van der Waals surface area contributed by atoms with E-state index < -0.39 is 0 Å². The SMILES string of the molecule is Cc1cc(C(=O)CN2CCN(C(=O)Cc3c[nH]c4ccccc34)CC2)c(C)[nH]1. The van der Waals surface area contributed by atoms with E-state index in [1.54, 1.807) is 0 Å². The number of nitrogens with zero attached hydrogens (tertiary/aromatic N) is 2. The Morgan fingerprint density at radius 2 is 1.82 bits per heavy atom. The van der Waals surface area contributed by atoms with E-state index in [2.05, 4.69) is 14.9 Å². The number of carbonyl (C=O) groups is 2. The Hall–Kier alpha value is -2.86. The molecule has 28 heavy (non-hydrogen) atoms. The first-order valence-electron chi connectivity index (χ1n) is 9.76. The quantitative estimate of drug-likeness (QED) is 0.671. The van der Waals surface area contributed by atoms with Crippen molar-refractivity contribution in [2.24, 2.45) is 0 Å². The lowest BCUT2D eigenvalue weighted by Gasteiger charge is -2.34. The molecule has 3 aromatic rings. The number of piperazine rings is 1. The van der Waals surface area contributed by atoms with Gasteiger partial charge in [0.15, 0.2) is 5.78 Å². The second-order valence-corrected chi connectivity index (χ2v) is 7.61. The molecule has 1 aliphatic rings. The molecule has 2 N–H and O–H groups in total. The number of hydrogen-bond donors (Lipinski definition) is 2. The van der Waals surface area contributed by atoms with Crippen LogP contribution in [0.3, 0.4) is 0 Å². The number of benzene rings is 1. The van der Waals surface area contributed by atoms with Crippen molar-refractivity contribution in [2.75, 3.05) is 32.7 Å². The van der Waals surface area contributed by atoms with Gasteiger partial charge in [0, 0.05) is 60.2 Å². The average molecular weight is 378 g/mol. The van der Waals surface area contributed by atoms with E-state index in [-0.39, 0.29) is 11.7 Å². The number of nitrogens with one attached hydrogen (secondary N) is 2. The number of ketones is 1. The number of aromatic amines is 2. The summed E-state index contributed by atoms with van der Waals surface area (Å²) in [6.45, 7) is 7.09. The molecule has 0 aliphatic carbocycles. The minimum atomic E-state index is 0.139. The smallest absolute Gasteiger partial charge is 0.227 e. The lowest BCUT2D eigenvalue weighted by molar-refractivity contribution is -0.132. The third kappa shape index (κ3) is 3.73. The van der Waals surface area contributed by atoms with Crippen LogP contribution < -0.4 is 0 Å². The molecule has 0 spiro atoms. The van der Waals surface area contributed by atoms with Gasteiger partial charge in [-0.1, -0.05) is 18.2 Å². The van der Waals surface area contributed by atoms with Gasteiger partial charge in [-0.15, -0.1) is 0 Å². The van der Waals surface area contributed by atoms with Crippen molar-refractivity contribution in [1.82, 2.24) is 19.8 Å². The Morgan fingerprint density at radius 1 is 1.07 bits per heavy atom. The normalized spacial score (nSPS) is 15.3. The van der Waals surface area contributed by atoms with Gasteiger partial charge in [-0.2, -0.15) is 0 Å². The van der Waals surface area contributed by atoms with Crippen LogP contribution in [0.25, 0.3) is 10.9 Å². The number of fused-ring (bicyclic) bond motifs is 1. The largest absolute Gasteiger partial charge is 0.362 e. The number of carbonyl (C=O) groups excluding carboxylic acids is 2. The van der Waals surface area contributed by atoms with E-state index in [0.717, 1.165) is 46.5 Å². The van der Waals surface area contributed by atoms with Crippen molar-refractivity contribution in [2.45, 2.75) is 20.3 Å². The Balaban J connectivity index is 1.32. The molecule has 2 aromatic heterocycles. The first-order valence-corrected chi connectivity index (χ1v) is 9.76. The number of amides is 1. The van der Waals surface area contributed by atoms with Crippen LogP contribution in [0.1, 0.15) is 27.3 Å². The summed E-state index contributed by atoms with van der Waals surface area (Å²) in [5.41, 5.74) is 4.80. The molecule has 0 atom stereocenters. The van der Waals surface area contributed by atoms with E-state index >= 15 is 0 Å². The Bertz CT molecular complexity index is 1010. The van der Waals surface area contributed by atoms with Gasteiger partial charge < -0.3 is 14.9 Å². The van der Waals surface area contributed by atoms with Crippen molar-refractivity contribution >= 4 is 22.6 Å². The summed E-state index contributed by atoms with van der Waals surface area (Å²) in [5.74, 6) is 0.285. The second kappa shape index (κ2) is 7.64. The standard InChI is InChI=1S/C22H26N4O2/c1-15-11-19(16(2)24-15)21(27)14-25-7-9-26(10-8-25)22(28)12-17-13-23-20-6-4-3-5-18(17)20/h3-6,11,13,23-24H,7-10,12,14H2,1-2H3. The van der Waals surface area contributed by atoms with Crippen LogP contribution in [0.4, 0.5) is 0 Å². The van der Waals surface area contributed by atoms with Crippen LogP contribution in [0.15, 0.2) is 36.5 Å². The van der Waals surface area contributed by atoms with E-state index in [0.29, 0.717) is 26.1 Å². The van der Waals surface area contributed by atoms with Crippen LogP contribution in [-0.4, -0.2) is 64.2 Å². The highest BCUT2D eigenvalue weighted by Crippen LogP contribution is 2.19. The number of aryl methyl sites for hydroxylation is 2. The van der Waals surface area contributed by atoms with Crippen molar-refractivity contribution in [3.8, 4) is 0 Å². The number of H-pyrrole nitrogens is 2. The highest BCUT2D eigenvalue weighted by molar-refractivity contribution is 5.99. The van der Waals surface area contributed by atoms with Gasteiger partial charge in [-0.05, 0) is 31.5 Å². The molecule has 4 rings (SSSR count). The molecule has 3 heterocycles. The zero-order valence-electron chi connectivity index (χ0n) is 16.4. The molecule has 0 radical (unpaired) electrons. The second-order valence-electron chi connectivity index (χ2n) is 7.61. The summed E-state index contributed by atoms with van der Waals surface area (Å²) >= 11 is 0. The van der Waals surface area contributed by atoms with Crippen LogP contribution >= 0.6 is 0 Å². The lowest BCUT2D eigenvalue weighted by atomic mass is 10.1. The fourth-order valence-electron chi connectivity index (χ4n) is 4.01. The van der Waals surface area contributed by atoms with Crippen LogP contribution in [0.5, 0.6) is 0 Å². The van der Waals surface area contributed by atoms with Crippen LogP contribution in [0.2, 0.25) is 0 Å². The van der Waals surface area contributed by atoms with Gasteiger partial charge in [0.2, 0.25) is 5.91 Å². The fourth-order valence-corrected chi connectivity index (χ4v) is 4.01. The molecule has 1 fully saturated rings. The Kier molecular flexibility index (Phi) is 5.05. The number of rotatable bonds is 5. The van der Waals surface area contributed by atoms with Crippen molar-refractivity contribution in [3.63, 3.8) is 0 Å². The number of aromatic nitrogens is 2. The van der Waals surface area contributed by atoms with Gasteiger partial charge in [0.05, 0.1) is 13.0 Å². The molecule has 1 aromatic carbocycles. The fraction of sp³-hybridized carbons (Fsp3) is 0.364. The highest BCUT2D eigenvalue weighted by atomic mass is 16.2. The molecule has 0 bridgehead atoms. The third-order valence-electron chi connectivity index (χ3n) is 5.56.